The molecular formula is C10H17N3. The van der Waals surface area contributed by atoms with Crippen LogP contribution in [0.4, 0.5) is 0 Å². The summed E-state index contributed by atoms with van der Waals surface area (Å²) >= 11 is 0. The first-order valence-corrected chi connectivity index (χ1v) is 4.92. The molecule has 2 heterocycles. The molecule has 0 amide bonds. The summed E-state index contributed by atoms with van der Waals surface area (Å²) in [5, 5.41) is 9.91. The largest absolute Gasteiger partial charge is 0.315 e. The summed E-state index contributed by atoms with van der Waals surface area (Å²) in [5.41, 5.74) is 2.60. The highest BCUT2D eigenvalue weighted by atomic mass is 15.5. The lowest BCUT2D eigenvalue weighted by molar-refractivity contribution is 0.347. The molecule has 3 nitrogen and oxygen atoms in total. The molecule has 3 heteroatoms. The molecule has 0 aromatic heterocycles. The van der Waals surface area contributed by atoms with Crippen molar-refractivity contribution < 1.29 is 0 Å². The van der Waals surface area contributed by atoms with Crippen LogP contribution < -0.4 is 5.32 Å². The van der Waals surface area contributed by atoms with E-state index in [4.69, 9.17) is 0 Å². The Morgan fingerprint density at radius 3 is 3.08 bits per heavy atom. The van der Waals surface area contributed by atoms with Gasteiger partial charge in [0, 0.05) is 32.3 Å². The van der Waals surface area contributed by atoms with E-state index in [9.17, 15) is 0 Å². The molecule has 1 N–H and O–H groups in total. The zero-order chi connectivity index (χ0) is 9.47. The van der Waals surface area contributed by atoms with Crippen LogP contribution in [0.2, 0.25) is 0 Å². The van der Waals surface area contributed by atoms with Gasteiger partial charge in [-0.2, -0.15) is 5.10 Å². The third-order valence-corrected chi connectivity index (χ3v) is 3.34. The van der Waals surface area contributed by atoms with Crippen LogP contribution in [0.3, 0.4) is 0 Å². The first-order valence-electron chi connectivity index (χ1n) is 4.92. The lowest BCUT2D eigenvalue weighted by Crippen LogP contribution is -2.46. The average Bonchev–Trinajstić information content (AvgIpc) is 2.41. The van der Waals surface area contributed by atoms with E-state index >= 15 is 0 Å². The van der Waals surface area contributed by atoms with Crippen LogP contribution >= 0.6 is 0 Å². The minimum atomic E-state index is 0.132. The van der Waals surface area contributed by atoms with Crippen LogP contribution in [0.5, 0.6) is 0 Å². The lowest BCUT2D eigenvalue weighted by atomic mass is 9.75. The van der Waals surface area contributed by atoms with Crippen molar-refractivity contribution in [3.8, 4) is 0 Å². The minimum Gasteiger partial charge on any atom is -0.315 e. The molecule has 72 valence electrons. The Labute approximate surface area is 79.5 Å². The molecule has 2 rings (SSSR count). The van der Waals surface area contributed by atoms with Gasteiger partial charge in [0.15, 0.2) is 0 Å². The fourth-order valence-electron chi connectivity index (χ4n) is 2.35. The van der Waals surface area contributed by atoms with Crippen LogP contribution in [0, 0.1) is 5.41 Å². The Morgan fingerprint density at radius 2 is 2.46 bits per heavy atom. The van der Waals surface area contributed by atoms with Gasteiger partial charge in [-0.1, -0.05) is 13.5 Å². The summed E-state index contributed by atoms with van der Waals surface area (Å²) in [6.07, 6.45) is 2.17. The van der Waals surface area contributed by atoms with Crippen molar-refractivity contribution in [2.45, 2.75) is 19.8 Å². The third kappa shape index (κ3) is 1.03. The molecule has 0 aliphatic carbocycles. The van der Waals surface area contributed by atoms with E-state index in [1.54, 1.807) is 0 Å². The second kappa shape index (κ2) is 2.84. The first kappa shape index (κ1) is 8.75. The van der Waals surface area contributed by atoms with Gasteiger partial charge in [0.1, 0.15) is 0 Å². The van der Waals surface area contributed by atoms with Gasteiger partial charge >= 0.3 is 0 Å². The fraction of sp³-hybridized carbons (Fsp3) is 0.700. The van der Waals surface area contributed by atoms with Crippen LogP contribution in [0.25, 0.3) is 0 Å². The molecule has 1 saturated heterocycles. The number of hydrogen-bond acceptors (Lipinski definition) is 3. The molecule has 2 aliphatic heterocycles. The molecule has 1 atom stereocenters. The normalized spacial score (nSPS) is 33.2. The number of nitrogens with one attached hydrogen (secondary N) is 1. The van der Waals surface area contributed by atoms with Crippen molar-refractivity contribution in [2.24, 2.45) is 10.5 Å². The number of fused-ring (bicyclic) bond motifs is 1. The highest BCUT2D eigenvalue weighted by Crippen LogP contribution is 2.40. The van der Waals surface area contributed by atoms with E-state index in [1.165, 1.54) is 5.71 Å². The van der Waals surface area contributed by atoms with E-state index < -0.39 is 0 Å². The first-order chi connectivity index (χ1) is 6.20. The number of piperidine rings is 1. The van der Waals surface area contributed by atoms with Crippen molar-refractivity contribution in [1.29, 1.82) is 0 Å². The van der Waals surface area contributed by atoms with E-state index in [-0.39, 0.29) is 5.41 Å². The molecule has 0 spiro atoms. The van der Waals surface area contributed by atoms with E-state index in [0.29, 0.717) is 0 Å². The number of hydrogen-bond donors (Lipinski definition) is 1. The van der Waals surface area contributed by atoms with Gasteiger partial charge in [0.05, 0.1) is 11.1 Å². The number of nitrogens with zero attached hydrogens (tertiary/aromatic N) is 2. The predicted octanol–water partition coefficient (Wildman–Crippen LogP) is 1.19. The van der Waals surface area contributed by atoms with Gasteiger partial charge in [-0.25, -0.2) is 0 Å². The van der Waals surface area contributed by atoms with E-state index in [1.807, 2.05) is 12.1 Å². The summed E-state index contributed by atoms with van der Waals surface area (Å²) in [6.45, 7) is 8.41. The highest BCUT2D eigenvalue weighted by Gasteiger charge is 2.44. The molecular weight excluding hydrogens is 162 g/mol. The maximum atomic E-state index is 4.54. The third-order valence-electron chi connectivity index (χ3n) is 3.34. The quantitative estimate of drug-likeness (QED) is 0.655. The van der Waals surface area contributed by atoms with Gasteiger partial charge in [-0.15, -0.1) is 0 Å². The Morgan fingerprint density at radius 1 is 1.69 bits per heavy atom. The Hall–Kier alpha value is -0.830. The predicted molar refractivity (Wildman–Crippen MR) is 54.5 cm³/mol. The summed E-state index contributed by atoms with van der Waals surface area (Å²) < 4.78 is 0. The highest BCUT2D eigenvalue weighted by molar-refractivity contribution is 5.95. The zero-order valence-electron chi connectivity index (χ0n) is 8.43. The second-order valence-corrected chi connectivity index (χ2v) is 3.88. The zero-order valence-corrected chi connectivity index (χ0v) is 8.43. The molecule has 0 aromatic rings. The SMILES string of the molecule is C=C1N(C)N=C2CCNC[C@@]12CC. The van der Waals surface area contributed by atoms with Crippen molar-refractivity contribution in [1.82, 2.24) is 10.3 Å². The second-order valence-electron chi connectivity index (χ2n) is 3.88. The molecule has 0 aromatic carbocycles. The Kier molecular flexibility index (Phi) is 1.91. The van der Waals surface area contributed by atoms with Gasteiger partial charge in [-0.05, 0) is 6.42 Å². The average molecular weight is 179 g/mol. The molecule has 0 bridgehead atoms. The van der Waals surface area contributed by atoms with Gasteiger partial charge < -0.3 is 5.32 Å². The number of hydrazone groups is 1. The summed E-state index contributed by atoms with van der Waals surface area (Å²) in [5.74, 6) is 0. The van der Waals surface area contributed by atoms with Gasteiger partial charge in [0.25, 0.3) is 0 Å². The Bertz CT molecular complexity index is 269. The maximum Gasteiger partial charge on any atom is 0.0638 e. The molecule has 2 aliphatic rings. The number of rotatable bonds is 1. The standard InChI is InChI=1S/C10H17N3/c1-4-10-7-11-6-5-9(10)12-13(3)8(10)2/h11H,2,4-7H2,1,3H3/t10-/m0/s1. The van der Waals surface area contributed by atoms with Crippen molar-refractivity contribution in [3.63, 3.8) is 0 Å². The van der Waals surface area contributed by atoms with Crippen LogP contribution in [0.1, 0.15) is 19.8 Å². The van der Waals surface area contributed by atoms with E-state index in [2.05, 4.69) is 23.9 Å². The maximum absolute atomic E-state index is 4.54. The fourth-order valence-corrected chi connectivity index (χ4v) is 2.35. The van der Waals surface area contributed by atoms with Crippen molar-refractivity contribution in [3.05, 3.63) is 12.3 Å². The van der Waals surface area contributed by atoms with Crippen molar-refractivity contribution in [2.75, 3.05) is 20.1 Å². The van der Waals surface area contributed by atoms with E-state index in [0.717, 1.165) is 31.6 Å². The molecule has 13 heavy (non-hydrogen) atoms. The molecule has 0 radical (unpaired) electrons. The Balaban J connectivity index is 2.37. The summed E-state index contributed by atoms with van der Waals surface area (Å²) in [4.78, 5) is 0. The molecule has 1 fully saturated rings. The molecule has 0 unspecified atom stereocenters. The summed E-state index contributed by atoms with van der Waals surface area (Å²) in [7, 11) is 1.99. The van der Waals surface area contributed by atoms with Gasteiger partial charge in [0.2, 0.25) is 0 Å². The topological polar surface area (TPSA) is 27.6 Å². The van der Waals surface area contributed by atoms with Crippen LogP contribution in [-0.2, 0) is 0 Å². The van der Waals surface area contributed by atoms with Crippen molar-refractivity contribution >= 4 is 5.71 Å². The minimum absolute atomic E-state index is 0.132. The molecule has 0 saturated carbocycles. The monoisotopic (exact) mass is 179 g/mol. The smallest absolute Gasteiger partial charge is 0.0638 e. The van der Waals surface area contributed by atoms with Crippen LogP contribution in [-0.4, -0.2) is 30.9 Å². The summed E-state index contributed by atoms with van der Waals surface area (Å²) in [6, 6.07) is 0. The van der Waals surface area contributed by atoms with Crippen LogP contribution in [0.15, 0.2) is 17.4 Å². The lowest BCUT2D eigenvalue weighted by Gasteiger charge is -2.34. The van der Waals surface area contributed by atoms with Gasteiger partial charge in [-0.3, -0.25) is 5.01 Å².